The molecule has 4 fully saturated rings. The van der Waals surface area contributed by atoms with Crippen molar-refractivity contribution < 1.29 is 19.6 Å². The monoisotopic (exact) mass is 633 g/mol. The molecule has 8 atom stereocenters. The van der Waals surface area contributed by atoms with Crippen LogP contribution in [0.4, 0.5) is 0 Å². The van der Waals surface area contributed by atoms with Gasteiger partial charge in [-0.3, -0.25) is 4.79 Å². The molecule has 6 aliphatic rings. The van der Waals surface area contributed by atoms with E-state index in [9.17, 15) is 15.0 Å². The predicted molar refractivity (Wildman–Crippen MR) is 155 cm³/mol. The summed E-state index contributed by atoms with van der Waals surface area (Å²) in [7, 11) is 0. The molecule has 0 radical (unpaired) electrons. The lowest BCUT2D eigenvalue weighted by atomic mass is 9.47. The number of Topliss-reactive ketones (excluding diaryl/α,β-unsaturated/α-hetero) is 1. The summed E-state index contributed by atoms with van der Waals surface area (Å²) < 4.78 is 3.35. The van der Waals surface area contributed by atoms with Crippen molar-refractivity contribution in [1.29, 1.82) is 0 Å². The molecule has 3 saturated carbocycles. The second-order valence-corrected chi connectivity index (χ2v) is 15.4. The van der Waals surface area contributed by atoms with Crippen LogP contribution in [0.5, 0.6) is 0 Å². The van der Waals surface area contributed by atoms with Crippen LogP contribution in [0.2, 0.25) is 0 Å². The van der Waals surface area contributed by atoms with Crippen molar-refractivity contribution >= 4 is 45.3 Å². The van der Waals surface area contributed by atoms with E-state index in [0.29, 0.717) is 24.3 Å². The first-order valence-corrected chi connectivity index (χ1v) is 16.1. The van der Waals surface area contributed by atoms with E-state index in [4.69, 9.17) is 0 Å². The molecule has 1 aromatic rings. The summed E-state index contributed by atoms with van der Waals surface area (Å²) in [6.45, 7) is 6.82. The van der Waals surface area contributed by atoms with Crippen molar-refractivity contribution in [2.45, 2.75) is 75.9 Å². The lowest BCUT2D eigenvalue weighted by Gasteiger charge is -2.58. The van der Waals surface area contributed by atoms with E-state index in [1.54, 1.807) is 0 Å². The molecule has 2 N–H and O–H groups in total. The molecule has 2 heterocycles. The number of hydrogen-bond acceptors (Lipinski definition) is 5. The van der Waals surface area contributed by atoms with E-state index in [0.717, 1.165) is 65.9 Å². The maximum absolute atomic E-state index is 13.1. The molecule has 1 aromatic carbocycles. The van der Waals surface area contributed by atoms with Gasteiger partial charge in [0.25, 0.3) is 0 Å². The van der Waals surface area contributed by atoms with Crippen LogP contribution in [-0.4, -0.2) is 67.4 Å². The first-order valence-electron chi connectivity index (χ1n) is 14.1. The van der Waals surface area contributed by atoms with E-state index in [2.05, 4.69) is 52.0 Å². The second kappa shape index (κ2) is 8.55. The minimum absolute atomic E-state index is 0.139. The molecule has 5 nitrogen and oxygen atoms in total. The molecule has 4 aliphatic carbocycles. The fraction of sp³-hybridized carbons (Fsp3) is 0.667. The number of ketones is 1. The fourth-order valence-electron chi connectivity index (χ4n) is 9.44. The van der Waals surface area contributed by atoms with Gasteiger partial charge in [-0.15, -0.1) is 0 Å². The molecule has 198 valence electrons. The third kappa shape index (κ3) is 3.42. The number of fused-ring (bicyclic) bond motifs is 9. The van der Waals surface area contributed by atoms with Crippen LogP contribution in [0, 0.1) is 32.2 Å². The largest absolute Gasteiger partial charge is 0.393 e. The topological polar surface area (TPSA) is 63.8 Å². The minimum Gasteiger partial charge on any atom is -0.393 e. The van der Waals surface area contributed by atoms with Crippen LogP contribution in [0.25, 0.3) is 0 Å². The number of carbonyl (C=O) groups excluding carboxylic acids is 1. The highest BCUT2D eigenvalue weighted by Crippen LogP contribution is 2.70. The molecular weight excluding hydrogens is 595 g/mol. The minimum atomic E-state index is -0.836. The molecule has 1 saturated heterocycles. The number of amidine groups is 1. The summed E-state index contributed by atoms with van der Waals surface area (Å²) in [6.07, 6.45) is 9.56. The van der Waals surface area contributed by atoms with Gasteiger partial charge in [-0.1, -0.05) is 37.6 Å². The van der Waals surface area contributed by atoms with Crippen molar-refractivity contribution in [3.05, 3.63) is 45.0 Å². The molecule has 0 aromatic heterocycles. The van der Waals surface area contributed by atoms with Crippen molar-refractivity contribution in [2.75, 3.05) is 19.6 Å². The standard InChI is InChI=1S/C30H38IN2O3S/c1-28-11-9-21(34)15-19(28)5-8-22-23(28)10-12-29(2)24(22)16-26-30(29,36)33-14-13-32(27(33)37-26)17-25(35)18-3-6-20(31)7-4-18/h3-7,21-24,26,34,36H,8-17H2,1-2H3/q+1/t21?,22?,23?,24?,26-,28+,29+,30+/m1/s1. The number of nitrogens with zero attached hydrogens (tertiary/aromatic N) is 2. The Morgan fingerprint density at radius 3 is 2.76 bits per heavy atom. The normalized spacial score (nSPS) is 44.1. The van der Waals surface area contributed by atoms with Gasteiger partial charge in [-0.25, -0.2) is 9.48 Å². The van der Waals surface area contributed by atoms with Crippen LogP contribution < -0.4 is 0 Å². The summed E-state index contributed by atoms with van der Waals surface area (Å²) in [5, 5.41) is 24.2. The Morgan fingerprint density at radius 1 is 1.19 bits per heavy atom. The summed E-state index contributed by atoms with van der Waals surface area (Å²) in [5.74, 6) is 1.94. The fourth-order valence-corrected chi connectivity index (χ4v) is 11.6. The van der Waals surface area contributed by atoms with Crippen molar-refractivity contribution in [2.24, 2.45) is 28.6 Å². The summed E-state index contributed by atoms with van der Waals surface area (Å²) in [5.41, 5.74) is 1.51. The molecule has 37 heavy (non-hydrogen) atoms. The maximum Gasteiger partial charge on any atom is 0.312 e. The predicted octanol–water partition coefficient (Wildman–Crippen LogP) is 4.90. The average Bonchev–Trinajstić information content (AvgIpc) is 3.47. The number of aliphatic hydroxyl groups excluding tert-OH is 1. The number of thioether (sulfide) groups is 1. The van der Waals surface area contributed by atoms with Crippen LogP contribution >= 0.6 is 34.4 Å². The van der Waals surface area contributed by atoms with Gasteiger partial charge < -0.3 is 10.2 Å². The molecule has 0 amide bonds. The van der Waals surface area contributed by atoms with Gasteiger partial charge in [0, 0.05) is 14.5 Å². The van der Waals surface area contributed by atoms with E-state index >= 15 is 0 Å². The van der Waals surface area contributed by atoms with Crippen molar-refractivity contribution in [3.63, 3.8) is 0 Å². The van der Waals surface area contributed by atoms with Crippen LogP contribution in [0.15, 0.2) is 35.9 Å². The highest BCUT2D eigenvalue weighted by Gasteiger charge is 2.76. The third-order valence-electron chi connectivity index (χ3n) is 11.5. The van der Waals surface area contributed by atoms with E-state index in [1.165, 1.54) is 12.0 Å². The first kappa shape index (κ1) is 25.1. The van der Waals surface area contributed by atoms with Crippen LogP contribution in [-0.2, 0) is 0 Å². The second-order valence-electron chi connectivity index (χ2n) is 13.0. The average molecular weight is 634 g/mol. The zero-order valence-electron chi connectivity index (χ0n) is 21.8. The summed E-state index contributed by atoms with van der Waals surface area (Å²) in [6, 6.07) is 7.83. The summed E-state index contributed by atoms with van der Waals surface area (Å²) >= 11 is 4.11. The van der Waals surface area contributed by atoms with Gasteiger partial charge in [0.05, 0.1) is 11.4 Å². The lowest BCUT2D eigenvalue weighted by molar-refractivity contribution is -0.501. The van der Waals surface area contributed by atoms with Crippen LogP contribution in [0.1, 0.15) is 69.2 Å². The van der Waals surface area contributed by atoms with Crippen molar-refractivity contribution in [3.8, 4) is 0 Å². The lowest BCUT2D eigenvalue weighted by Crippen LogP contribution is -2.61. The van der Waals surface area contributed by atoms with Gasteiger partial charge >= 0.3 is 5.17 Å². The Balaban J connectivity index is 1.16. The molecule has 0 bridgehead atoms. The van der Waals surface area contributed by atoms with E-state index < -0.39 is 5.72 Å². The Bertz CT molecular complexity index is 1220. The van der Waals surface area contributed by atoms with E-state index in [-0.39, 0.29) is 28.0 Å². The molecule has 2 aliphatic heterocycles. The number of hydrogen-bond donors (Lipinski definition) is 2. The zero-order valence-corrected chi connectivity index (χ0v) is 24.8. The molecule has 4 unspecified atom stereocenters. The third-order valence-corrected chi connectivity index (χ3v) is 13.7. The Labute approximate surface area is 237 Å². The first-order chi connectivity index (χ1) is 17.6. The maximum atomic E-state index is 13.1. The van der Waals surface area contributed by atoms with Gasteiger partial charge in [-0.2, -0.15) is 0 Å². The highest BCUT2D eigenvalue weighted by molar-refractivity contribution is 14.1. The van der Waals surface area contributed by atoms with Crippen molar-refractivity contribution in [1.82, 2.24) is 4.90 Å². The van der Waals surface area contributed by atoms with Gasteiger partial charge in [-0.05, 0) is 115 Å². The van der Waals surface area contributed by atoms with Crippen LogP contribution in [0.3, 0.4) is 0 Å². The molecule has 0 spiro atoms. The number of rotatable bonds is 3. The summed E-state index contributed by atoms with van der Waals surface area (Å²) in [4.78, 5) is 15.4. The highest BCUT2D eigenvalue weighted by atomic mass is 127. The number of halogens is 1. The number of allylic oxidation sites excluding steroid dienone is 1. The SMILES string of the molecule is C[C@]12CCC(O)CC1=CCC1C2CC[C@@]2(C)C1C[C@H]1SC3=[N+](CC(=O)c4ccc(I)cc4)CCN3[C@]12O. The molecular formula is C30H38IN2O3S+. The zero-order chi connectivity index (χ0) is 25.7. The Kier molecular flexibility index (Phi) is 5.80. The molecule has 7 rings (SSSR count). The van der Waals surface area contributed by atoms with E-state index in [1.807, 2.05) is 36.0 Å². The Morgan fingerprint density at radius 2 is 1.97 bits per heavy atom. The number of aliphatic hydroxyl groups is 2. The number of carbonyl (C=O) groups is 1. The van der Waals surface area contributed by atoms with Gasteiger partial charge in [0.15, 0.2) is 0 Å². The number of benzene rings is 1. The van der Waals surface area contributed by atoms with Gasteiger partial charge in [0.1, 0.15) is 19.6 Å². The quantitative estimate of drug-likeness (QED) is 0.215. The smallest absolute Gasteiger partial charge is 0.312 e. The Hall–Kier alpha value is -0.900. The van der Waals surface area contributed by atoms with Gasteiger partial charge in [0.2, 0.25) is 11.5 Å². The molecule has 7 heteroatoms.